The molecule has 3 aromatic rings. The van der Waals surface area contributed by atoms with Crippen molar-refractivity contribution in [2.24, 2.45) is 11.8 Å². The first-order chi connectivity index (χ1) is 19.2. The fourth-order valence-electron chi connectivity index (χ4n) is 5.52. The van der Waals surface area contributed by atoms with Crippen molar-refractivity contribution in [2.45, 2.75) is 65.0 Å². The van der Waals surface area contributed by atoms with E-state index in [-0.39, 0.29) is 23.8 Å². The highest BCUT2D eigenvalue weighted by Crippen LogP contribution is 2.38. The maximum Gasteiger partial charge on any atom is 0.305 e. The van der Waals surface area contributed by atoms with Crippen LogP contribution in [0.2, 0.25) is 0 Å². The first-order valence-electron chi connectivity index (χ1n) is 13.8. The summed E-state index contributed by atoms with van der Waals surface area (Å²) in [6, 6.07) is 19.3. The van der Waals surface area contributed by atoms with Gasteiger partial charge in [-0.1, -0.05) is 69.2 Å². The van der Waals surface area contributed by atoms with Crippen LogP contribution in [-0.4, -0.2) is 38.7 Å². The highest BCUT2D eigenvalue weighted by atomic mass is 32.2. The molecular weight excluding hydrogens is 544 g/mol. The predicted octanol–water partition coefficient (Wildman–Crippen LogP) is 6.93. The number of carbonyl (C=O) groups excluding carboxylic acids is 2. The molecule has 40 heavy (non-hydrogen) atoms. The van der Waals surface area contributed by atoms with Gasteiger partial charge in [0.15, 0.2) is 0 Å². The van der Waals surface area contributed by atoms with Gasteiger partial charge in [-0.2, -0.15) is 0 Å². The van der Waals surface area contributed by atoms with Gasteiger partial charge in [0.2, 0.25) is 0 Å². The monoisotopic (exact) mass is 582 g/mol. The summed E-state index contributed by atoms with van der Waals surface area (Å²) in [5.74, 6) is 0.234. The SMILES string of the molecule is COC(=O)CC1CCCC[C@@H]1N(Cc1ccc(-c2cc(CC(C)C)sc2NS(=O)O)cc1)C(=O)c1ccccc1. The Morgan fingerprint density at radius 1 is 1.10 bits per heavy atom. The molecule has 0 spiro atoms. The van der Waals surface area contributed by atoms with Crippen LogP contribution in [0, 0.1) is 11.8 Å². The lowest BCUT2D eigenvalue weighted by Crippen LogP contribution is -2.46. The third kappa shape index (κ3) is 7.80. The number of nitrogens with one attached hydrogen (secondary N) is 1. The molecule has 1 aliphatic rings. The number of hydrogen-bond acceptors (Lipinski definition) is 5. The Morgan fingerprint density at radius 3 is 2.45 bits per heavy atom. The van der Waals surface area contributed by atoms with Crippen LogP contribution in [-0.2, 0) is 33.8 Å². The van der Waals surface area contributed by atoms with E-state index in [2.05, 4.69) is 24.6 Å². The Hall–Kier alpha value is -3.01. The number of carbonyl (C=O) groups is 2. The first kappa shape index (κ1) is 30.0. The molecule has 1 saturated carbocycles. The molecule has 2 aromatic carbocycles. The van der Waals surface area contributed by atoms with Crippen molar-refractivity contribution in [3.63, 3.8) is 0 Å². The molecule has 1 aliphatic carbocycles. The molecule has 0 saturated heterocycles. The van der Waals surface area contributed by atoms with Crippen LogP contribution < -0.4 is 4.72 Å². The highest BCUT2D eigenvalue weighted by molar-refractivity contribution is 7.80. The fraction of sp³-hybridized carbons (Fsp3) is 0.419. The average molecular weight is 583 g/mol. The van der Waals surface area contributed by atoms with Crippen LogP contribution in [0.4, 0.5) is 5.00 Å². The van der Waals surface area contributed by atoms with E-state index >= 15 is 0 Å². The summed E-state index contributed by atoms with van der Waals surface area (Å²) in [6.07, 6.45) is 4.97. The summed E-state index contributed by atoms with van der Waals surface area (Å²) in [5.41, 5.74) is 3.43. The topological polar surface area (TPSA) is 95.9 Å². The molecule has 2 N–H and O–H groups in total. The minimum Gasteiger partial charge on any atom is -0.469 e. The molecule has 0 bridgehead atoms. The molecule has 3 atom stereocenters. The van der Waals surface area contributed by atoms with E-state index in [1.54, 1.807) is 0 Å². The van der Waals surface area contributed by atoms with Crippen molar-refractivity contribution >= 4 is 39.5 Å². The molecule has 4 rings (SSSR count). The van der Waals surface area contributed by atoms with E-state index in [1.165, 1.54) is 18.4 Å². The Bertz CT molecular complexity index is 1310. The van der Waals surface area contributed by atoms with Gasteiger partial charge in [0.1, 0.15) is 5.00 Å². The van der Waals surface area contributed by atoms with E-state index in [0.717, 1.165) is 53.7 Å². The summed E-state index contributed by atoms with van der Waals surface area (Å²) in [7, 11) is 1.41. The van der Waals surface area contributed by atoms with Crippen molar-refractivity contribution in [3.05, 3.63) is 76.7 Å². The van der Waals surface area contributed by atoms with Gasteiger partial charge in [0, 0.05) is 28.6 Å². The molecule has 9 heteroatoms. The molecule has 7 nitrogen and oxygen atoms in total. The van der Waals surface area contributed by atoms with Crippen molar-refractivity contribution < 1.29 is 23.1 Å². The van der Waals surface area contributed by atoms with Crippen molar-refractivity contribution in [1.82, 2.24) is 4.90 Å². The van der Waals surface area contributed by atoms with Crippen LogP contribution in [0.15, 0.2) is 60.7 Å². The number of amides is 1. The predicted molar refractivity (Wildman–Crippen MR) is 161 cm³/mol. The van der Waals surface area contributed by atoms with Crippen LogP contribution in [0.3, 0.4) is 0 Å². The van der Waals surface area contributed by atoms with Crippen molar-refractivity contribution in [2.75, 3.05) is 11.8 Å². The summed E-state index contributed by atoms with van der Waals surface area (Å²) in [5, 5.41) is 0.665. The lowest BCUT2D eigenvalue weighted by molar-refractivity contribution is -0.142. The van der Waals surface area contributed by atoms with E-state index in [1.807, 2.05) is 59.5 Å². The quantitative estimate of drug-likeness (QED) is 0.189. The normalized spacial score (nSPS) is 17.8. The van der Waals surface area contributed by atoms with Gasteiger partial charge in [-0.15, -0.1) is 11.3 Å². The van der Waals surface area contributed by atoms with Gasteiger partial charge < -0.3 is 9.64 Å². The number of nitrogens with zero attached hydrogens (tertiary/aromatic N) is 1. The van der Waals surface area contributed by atoms with Gasteiger partial charge in [-0.3, -0.25) is 18.9 Å². The molecule has 214 valence electrons. The number of hydrogen-bond donors (Lipinski definition) is 2. The van der Waals surface area contributed by atoms with Gasteiger partial charge in [0.25, 0.3) is 17.2 Å². The van der Waals surface area contributed by atoms with Gasteiger partial charge >= 0.3 is 5.97 Å². The maximum atomic E-state index is 13.8. The molecule has 0 radical (unpaired) electrons. The molecule has 1 aromatic heterocycles. The fourth-order valence-corrected chi connectivity index (χ4v) is 7.31. The molecule has 0 aliphatic heterocycles. The van der Waals surface area contributed by atoms with Crippen LogP contribution in [0.25, 0.3) is 11.1 Å². The molecular formula is C31H38N2O5S2. The Morgan fingerprint density at radius 2 is 1.80 bits per heavy atom. The minimum absolute atomic E-state index is 0.0421. The smallest absolute Gasteiger partial charge is 0.305 e. The second kappa shape index (κ2) is 14.1. The number of ether oxygens (including phenoxy) is 1. The minimum atomic E-state index is -2.16. The Balaban J connectivity index is 1.62. The van der Waals surface area contributed by atoms with Crippen molar-refractivity contribution in [1.29, 1.82) is 0 Å². The van der Waals surface area contributed by atoms with Gasteiger partial charge in [-0.05, 0) is 60.4 Å². The number of thiophene rings is 1. The van der Waals surface area contributed by atoms with Crippen LogP contribution >= 0.6 is 11.3 Å². The number of methoxy groups -OCH3 is 1. The number of esters is 1. The van der Waals surface area contributed by atoms with Gasteiger partial charge in [-0.25, -0.2) is 4.21 Å². The number of benzene rings is 2. The third-order valence-corrected chi connectivity index (χ3v) is 8.98. The zero-order chi connectivity index (χ0) is 28.6. The van der Waals surface area contributed by atoms with E-state index in [9.17, 15) is 18.4 Å². The molecule has 2 unspecified atom stereocenters. The summed E-state index contributed by atoms with van der Waals surface area (Å²) in [6.45, 7) is 4.72. The number of rotatable bonds is 11. The lowest BCUT2D eigenvalue weighted by atomic mass is 9.81. The van der Waals surface area contributed by atoms with E-state index < -0.39 is 11.3 Å². The highest BCUT2D eigenvalue weighted by Gasteiger charge is 2.35. The lowest BCUT2D eigenvalue weighted by Gasteiger charge is -2.40. The Kier molecular flexibility index (Phi) is 10.5. The summed E-state index contributed by atoms with van der Waals surface area (Å²) in [4.78, 5) is 29.1. The summed E-state index contributed by atoms with van der Waals surface area (Å²) < 4.78 is 28.7. The zero-order valence-electron chi connectivity index (χ0n) is 23.3. The van der Waals surface area contributed by atoms with E-state index in [0.29, 0.717) is 29.4 Å². The van der Waals surface area contributed by atoms with Crippen LogP contribution in [0.5, 0.6) is 0 Å². The van der Waals surface area contributed by atoms with Gasteiger partial charge in [0.05, 0.1) is 13.5 Å². The molecule has 1 amide bonds. The number of anilines is 1. The van der Waals surface area contributed by atoms with Crippen molar-refractivity contribution in [3.8, 4) is 11.1 Å². The summed E-state index contributed by atoms with van der Waals surface area (Å²) >= 11 is -0.666. The largest absolute Gasteiger partial charge is 0.469 e. The second-order valence-electron chi connectivity index (χ2n) is 10.8. The third-order valence-electron chi connectivity index (χ3n) is 7.40. The average Bonchev–Trinajstić information content (AvgIpc) is 3.33. The first-order valence-corrected chi connectivity index (χ1v) is 15.7. The Labute approximate surface area is 243 Å². The van der Waals surface area contributed by atoms with Crippen LogP contribution in [0.1, 0.15) is 66.8 Å². The molecule has 1 fully saturated rings. The second-order valence-corrected chi connectivity index (χ2v) is 12.6. The van der Waals surface area contributed by atoms with E-state index in [4.69, 9.17) is 4.74 Å². The maximum absolute atomic E-state index is 13.8. The standard InChI is InChI=1S/C31H38N2O5S2/c1-21(2)17-26-19-27(30(39-26)32-40(36)37)23-15-13-22(14-16-23)20-33(31(35)24-9-5-4-6-10-24)28-12-8-7-11-25(28)18-29(34)38-3/h4-6,9-10,13-16,19,21,25,28,32H,7-8,11-12,17-18,20H2,1-3H3,(H,36,37)/t25?,28-/m0/s1. The molecule has 1 heterocycles. The zero-order valence-corrected chi connectivity index (χ0v) is 24.9.